The van der Waals surface area contributed by atoms with Gasteiger partial charge in [0.2, 0.25) is 11.8 Å². The molecule has 2 N–H and O–H groups in total. The van der Waals surface area contributed by atoms with E-state index >= 15 is 0 Å². The van der Waals surface area contributed by atoms with Crippen LogP contribution in [0, 0.1) is 23.2 Å². The number of rotatable bonds is 4. The maximum absolute atomic E-state index is 12.5. The lowest BCUT2D eigenvalue weighted by Gasteiger charge is -2.40. The molecule has 23 heavy (non-hydrogen) atoms. The Morgan fingerprint density at radius 3 is 2.30 bits per heavy atom. The first-order valence-electron chi connectivity index (χ1n) is 8.50. The molecule has 0 radical (unpaired) electrons. The SMILES string of the molecule is CC(C)(C)C(=O)NCC1CCCN(C(=O)C2CCC2C(=O)O)C1. The molecule has 0 aromatic heterocycles. The summed E-state index contributed by atoms with van der Waals surface area (Å²) in [6.45, 7) is 7.52. The Labute approximate surface area is 137 Å². The zero-order chi connectivity index (χ0) is 17.2. The van der Waals surface area contributed by atoms with Crippen molar-refractivity contribution < 1.29 is 19.5 Å². The van der Waals surface area contributed by atoms with Gasteiger partial charge in [0.15, 0.2) is 0 Å². The average molecular weight is 324 g/mol. The van der Waals surface area contributed by atoms with Gasteiger partial charge in [-0.15, -0.1) is 0 Å². The van der Waals surface area contributed by atoms with Crippen LogP contribution in [0.5, 0.6) is 0 Å². The fraction of sp³-hybridized carbons (Fsp3) is 0.824. The van der Waals surface area contributed by atoms with Gasteiger partial charge in [-0.05, 0) is 31.6 Å². The van der Waals surface area contributed by atoms with Crippen molar-refractivity contribution in [2.24, 2.45) is 23.2 Å². The van der Waals surface area contributed by atoms with Gasteiger partial charge in [0, 0.05) is 25.0 Å². The Bertz CT molecular complexity index is 483. The molecule has 1 aliphatic carbocycles. The van der Waals surface area contributed by atoms with Crippen molar-refractivity contribution in [3.8, 4) is 0 Å². The molecule has 0 aromatic rings. The van der Waals surface area contributed by atoms with Crippen molar-refractivity contribution >= 4 is 17.8 Å². The molecule has 1 saturated heterocycles. The second-order valence-electron chi connectivity index (χ2n) is 7.88. The van der Waals surface area contributed by atoms with Crippen molar-refractivity contribution in [2.45, 2.75) is 46.5 Å². The molecule has 6 nitrogen and oxygen atoms in total. The smallest absolute Gasteiger partial charge is 0.307 e. The second-order valence-corrected chi connectivity index (χ2v) is 7.88. The Morgan fingerprint density at radius 2 is 1.78 bits per heavy atom. The number of nitrogens with one attached hydrogen (secondary N) is 1. The van der Waals surface area contributed by atoms with Crippen LogP contribution in [0.4, 0.5) is 0 Å². The summed E-state index contributed by atoms with van der Waals surface area (Å²) in [7, 11) is 0. The fourth-order valence-corrected chi connectivity index (χ4v) is 3.26. The molecule has 2 amide bonds. The van der Waals surface area contributed by atoms with Crippen LogP contribution in [0.1, 0.15) is 46.5 Å². The normalized spacial score (nSPS) is 28.0. The third kappa shape index (κ3) is 4.24. The zero-order valence-electron chi connectivity index (χ0n) is 14.3. The van der Waals surface area contributed by atoms with Crippen molar-refractivity contribution in [2.75, 3.05) is 19.6 Å². The third-order valence-electron chi connectivity index (χ3n) is 4.97. The molecule has 1 aliphatic heterocycles. The molecule has 1 saturated carbocycles. The van der Waals surface area contributed by atoms with E-state index < -0.39 is 17.3 Å². The number of hydrogen-bond donors (Lipinski definition) is 2. The summed E-state index contributed by atoms with van der Waals surface area (Å²) in [6, 6.07) is 0. The first kappa shape index (κ1) is 17.8. The number of carbonyl (C=O) groups is 3. The summed E-state index contributed by atoms with van der Waals surface area (Å²) in [6.07, 6.45) is 3.18. The lowest BCUT2D eigenvalue weighted by Crippen LogP contribution is -2.50. The van der Waals surface area contributed by atoms with Gasteiger partial charge in [0.1, 0.15) is 0 Å². The highest BCUT2D eigenvalue weighted by molar-refractivity contribution is 5.86. The molecule has 2 fully saturated rings. The van der Waals surface area contributed by atoms with Crippen molar-refractivity contribution in [1.29, 1.82) is 0 Å². The average Bonchev–Trinajstić information content (AvgIpc) is 2.42. The van der Waals surface area contributed by atoms with E-state index in [0.29, 0.717) is 32.5 Å². The van der Waals surface area contributed by atoms with Crippen molar-refractivity contribution in [3.05, 3.63) is 0 Å². The summed E-state index contributed by atoms with van der Waals surface area (Å²) in [5.74, 6) is -1.47. The van der Waals surface area contributed by atoms with E-state index in [-0.39, 0.29) is 23.7 Å². The van der Waals surface area contributed by atoms with Gasteiger partial charge in [-0.1, -0.05) is 20.8 Å². The first-order chi connectivity index (χ1) is 10.7. The van der Waals surface area contributed by atoms with Crippen LogP contribution in [-0.4, -0.2) is 47.4 Å². The van der Waals surface area contributed by atoms with Gasteiger partial charge in [-0.2, -0.15) is 0 Å². The fourth-order valence-electron chi connectivity index (χ4n) is 3.26. The molecule has 1 heterocycles. The highest BCUT2D eigenvalue weighted by Crippen LogP contribution is 2.36. The van der Waals surface area contributed by atoms with Gasteiger partial charge < -0.3 is 15.3 Å². The quantitative estimate of drug-likeness (QED) is 0.820. The second kappa shape index (κ2) is 6.89. The molecule has 130 valence electrons. The molecule has 2 rings (SSSR count). The Morgan fingerprint density at radius 1 is 1.13 bits per heavy atom. The van der Waals surface area contributed by atoms with E-state index in [9.17, 15) is 14.4 Å². The van der Waals surface area contributed by atoms with E-state index in [2.05, 4.69) is 5.32 Å². The molecular formula is C17H28N2O4. The largest absolute Gasteiger partial charge is 0.481 e. The number of carboxylic acids is 1. The van der Waals surface area contributed by atoms with Crippen LogP contribution in [0.25, 0.3) is 0 Å². The maximum Gasteiger partial charge on any atom is 0.307 e. The summed E-state index contributed by atoms with van der Waals surface area (Å²) >= 11 is 0. The predicted octanol–water partition coefficient (Wildman–Crippen LogP) is 1.50. The van der Waals surface area contributed by atoms with Gasteiger partial charge in [0.05, 0.1) is 11.8 Å². The van der Waals surface area contributed by atoms with Gasteiger partial charge >= 0.3 is 5.97 Å². The Hall–Kier alpha value is -1.59. The molecule has 0 aromatic carbocycles. The van der Waals surface area contributed by atoms with Crippen molar-refractivity contribution in [3.63, 3.8) is 0 Å². The summed E-state index contributed by atoms with van der Waals surface area (Å²) in [5.41, 5.74) is -0.412. The first-order valence-corrected chi connectivity index (χ1v) is 8.50. The lowest BCUT2D eigenvalue weighted by molar-refractivity contribution is -0.157. The lowest BCUT2D eigenvalue weighted by atomic mass is 9.72. The molecule has 3 atom stereocenters. The maximum atomic E-state index is 12.5. The van der Waals surface area contributed by atoms with Crippen LogP contribution in [0.3, 0.4) is 0 Å². The molecule has 6 heteroatoms. The van der Waals surface area contributed by atoms with Gasteiger partial charge in [0.25, 0.3) is 0 Å². The number of hydrogen-bond acceptors (Lipinski definition) is 3. The Kier molecular flexibility index (Phi) is 5.32. The zero-order valence-corrected chi connectivity index (χ0v) is 14.3. The van der Waals surface area contributed by atoms with Gasteiger partial charge in [-0.25, -0.2) is 0 Å². The molecular weight excluding hydrogens is 296 g/mol. The van der Waals surface area contributed by atoms with Crippen LogP contribution in [-0.2, 0) is 14.4 Å². The van der Waals surface area contributed by atoms with E-state index in [1.54, 1.807) is 4.90 Å². The van der Waals surface area contributed by atoms with Crippen LogP contribution in [0.15, 0.2) is 0 Å². The highest BCUT2D eigenvalue weighted by Gasteiger charge is 2.43. The minimum Gasteiger partial charge on any atom is -0.481 e. The number of carbonyl (C=O) groups excluding carboxylic acids is 2. The van der Waals surface area contributed by atoms with Gasteiger partial charge in [-0.3, -0.25) is 14.4 Å². The topological polar surface area (TPSA) is 86.7 Å². The monoisotopic (exact) mass is 324 g/mol. The van der Waals surface area contributed by atoms with Crippen LogP contribution >= 0.6 is 0 Å². The van der Waals surface area contributed by atoms with E-state index in [4.69, 9.17) is 5.11 Å². The van der Waals surface area contributed by atoms with E-state index in [1.807, 2.05) is 20.8 Å². The summed E-state index contributed by atoms with van der Waals surface area (Å²) < 4.78 is 0. The number of aliphatic carboxylic acids is 1. The molecule has 0 bridgehead atoms. The summed E-state index contributed by atoms with van der Waals surface area (Å²) in [4.78, 5) is 37.4. The van der Waals surface area contributed by atoms with Crippen LogP contribution in [0.2, 0.25) is 0 Å². The number of nitrogens with zero attached hydrogens (tertiary/aromatic N) is 1. The van der Waals surface area contributed by atoms with E-state index in [0.717, 1.165) is 12.8 Å². The standard InChI is InChI=1S/C17H28N2O4/c1-17(2,3)16(23)18-9-11-5-4-8-19(10-11)14(20)12-6-7-13(12)15(21)22/h11-13H,4-10H2,1-3H3,(H,18,23)(H,21,22). The van der Waals surface area contributed by atoms with Crippen molar-refractivity contribution in [1.82, 2.24) is 10.2 Å². The van der Waals surface area contributed by atoms with E-state index in [1.165, 1.54) is 0 Å². The highest BCUT2D eigenvalue weighted by atomic mass is 16.4. The minimum atomic E-state index is -0.861. The number of amides is 2. The van der Waals surface area contributed by atoms with Crippen LogP contribution < -0.4 is 5.32 Å². The third-order valence-corrected chi connectivity index (χ3v) is 4.97. The minimum absolute atomic E-state index is 0.0181. The molecule has 2 aliphatic rings. The molecule has 3 unspecified atom stereocenters. The number of likely N-dealkylation sites (tertiary alicyclic amines) is 1. The summed E-state index contributed by atoms with van der Waals surface area (Å²) in [5, 5.41) is 12.1. The number of carboxylic acid groups (broad SMARTS) is 1. The number of piperidine rings is 1. The Balaban J connectivity index is 1.85. The predicted molar refractivity (Wildman–Crippen MR) is 85.6 cm³/mol. The molecule has 0 spiro atoms.